The number of nitrogens with one attached hydrogen (secondary N) is 2. The van der Waals surface area contributed by atoms with Crippen molar-refractivity contribution in [2.75, 3.05) is 13.1 Å². The van der Waals surface area contributed by atoms with E-state index in [4.69, 9.17) is 11.6 Å². The number of aromatic nitrogens is 3. The fraction of sp³-hybridized carbons (Fsp3) is 0.160. The van der Waals surface area contributed by atoms with Crippen LogP contribution in [0.5, 0.6) is 0 Å². The lowest BCUT2D eigenvalue weighted by Gasteiger charge is -2.22. The Labute approximate surface area is 194 Å². The van der Waals surface area contributed by atoms with Crippen molar-refractivity contribution in [3.63, 3.8) is 0 Å². The summed E-state index contributed by atoms with van der Waals surface area (Å²) in [6, 6.07) is 11.6. The molecule has 4 aromatic rings. The smallest absolute Gasteiger partial charge is 0.252 e. The van der Waals surface area contributed by atoms with Gasteiger partial charge in [0, 0.05) is 34.5 Å². The van der Waals surface area contributed by atoms with Gasteiger partial charge in [0.05, 0.1) is 6.04 Å². The maximum absolute atomic E-state index is 14.1. The average molecular weight is 460 g/mol. The van der Waals surface area contributed by atoms with E-state index in [1.807, 2.05) is 24.4 Å². The Hall–Kier alpha value is -3.55. The van der Waals surface area contributed by atoms with Crippen molar-refractivity contribution in [3.8, 4) is 11.1 Å². The molecular formula is C25H19ClFN5O. The van der Waals surface area contributed by atoms with Gasteiger partial charge >= 0.3 is 0 Å². The van der Waals surface area contributed by atoms with Crippen molar-refractivity contribution < 1.29 is 9.18 Å². The quantitative estimate of drug-likeness (QED) is 0.476. The summed E-state index contributed by atoms with van der Waals surface area (Å²) in [6.45, 7) is 1.60. The van der Waals surface area contributed by atoms with E-state index < -0.39 is 11.9 Å². The van der Waals surface area contributed by atoms with Gasteiger partial charge in [0.1, 0.15) is 12.1 Å². The monoisotopic (exact) mass is 459 g/mol. The number of carbonyl (C=O) groups is 1. The van der Waals surface area contributed by atoms with Gasteiger partial charge < -0.3 is 10.6 Å². The van der Waals surface area contributed by atoms with E-state index in [-0.39, 0.29) is 5.91 Å². The van der Waals surface area contributed by atoms with Crippen molar-refractivity contribution in [2.45, 2.75) is 12.5 Å². The largest absolute Gasteiger partial charge is 0.341 e. The molecule has 0 saturated heterocycles. The molecule has 0 bridgehead atoms. The molecule has 4 heterocycles. The molecule has 6 rings (SSSR count). The molecule has 2 aromatic carbocycles. The molecule has 1 unspecified atom stereocenters. The predicted octanol–water partition coefficient (Wildman–Crippen LogP) is 4.40. The molecule has 0 saturated carbocycles. The average Bonchev–Trinajstić information content (AvgIpc) is 3.44. The van der Waals surface area contributed by atoms with Gasteiger partial charge in [-0.2, -0.15) is 5.10 Å². The summed E-state index contributed by atoms with van der Waals surface area (Å²) in [6.07, 6.45) is 6.50. The summed E-state index contributed by atoms with van der Waals surface area (Å²) in [7, 11) is 0. The molecule has 0 spiro atoms. The second-order valence-corrected chi connectivity index (χ2v) is 8.64. The summed E-state index contributed by atoms with van der Waals surface area (Å²) in [4.78, 5) is 17.3. The Morgan fingerprint density at radius 1 is 1.09 bits per heavy atom. The molecular weight excluding hydrogens is 441 g/mol. The molecule has 8 heteroatoms. The number of hydrogen-bond donors (Lipinski definition) is 2. The third-order valence-electron chi connectivity index (χ3n) is 6.24. The lowest BCUT2D eigenvalue weighted by Crippen LogP contribution is -2.23. The first-order valence-corrected chi connectivity index (χ1v) is 11.1. The van der Waals surface area contributed by atoms with Crippen LogP contribution in [0.15, 0.2) is 61.1 Å². The third kappa shape index (κ3) is 3.41. The SMILES string of the molecule is O=C1NC(c2cc(F)ccc2Cl)c2c1cc(-c1ccc3ncnn3c1)cc2C1=CCCNC1. The maximum atomic E-state index is 14.1. The van der Waals surface area contributed by atoms with Gasteiger partial charge in [0.25, 0.3) is 5.91 Å². The maximum Gasteiger partial charge on any atom is 0.252 e. The number of hydrogen-bond acceptors (Lipinski definition) is 4. The molecule has 2 N–H and O–H groups in total. The number of carbonyl (C=O) groups excluding carboxylic acids is 1. The lowest BCUT2D eigenvalue weighted by atomic mass is 9.86. The molecule has 0 radical (unpaired) electrons. The van der Waals surface area contributed by atoms with Crippen LogP contribution in [0.25, 0.3) is 22.3 Å². The fourth-order valence-corrected chi connectivity index (χ4v) is 4.90. The van der Waals surface area contributed by atoms with Gasteiger partial charge in [-0.25, -0.2) is 13.9 Å². The van der Waals surface area contributed by atoms with Gasteiger partial charge in [-0.3, -0.25) is 4.79 Å². The highest BCUT2D eigenvalue weighted by molar-refractivity contribution is 6.31. The van der Waals surface area contributed by atoms with E-state index >= 15 is 0 Å². The summed E-state index contributed by atoms with van der Waals surface area (Å²) >= 11 is 6.44. The van der Waals surface area contributed by atoms with E-state index in [2.05, 4.69) is 32.9 Å². The van der Waals surface area contributed by atoms with Crippen LogP contribution >= 0.6 is 11.6 Å². The van der Waals surface area contributed by atoms with Gasteiger partial charge in [-0.15, -0.1) is 0 Å². The standard InChI is InChI=1S/C25H19ClFN5O/c26-21-5-4-17(27)10-19(21)24-23-18(14-2-1-7-28-11-14)8-16(9-20(23)25(33)31-24)15-3-6-22-29-13-30-32(22)12-15/h2-6,8-10,12-13,24,28H,1,7,11H2,(H,31,33). The van der Waals surface area contributed by atoms with Crippen LogP contribution in [-0.4, -0.2) is 33.6 Å². The van der Waals surface area contributed by atoms with E-state index in [1.54, 1.807) is 4.52 Å². The summed E-state index contributed by atoms with van der Waals surface area (Å²) in [5, 5.41) is 11.1. The van der Waals surface area contributed by atoms with Crippen LogP contribution in [0.3, 0.4) is 0 Å². The molecule has 164 valence electrons. The van der Waals surface area contributed by atoms with Crippen molar-refractivity contribution in [2.24, 2.45) is 0 Å². The minimum atomic E-state index is -0.527. The van der Waals surface area contributed by atoms with Crippen LogP contribution in [0.2, 0.25) is 5.02 Å². The summed E-state index contributed by atoms with van der Waals surface area (Å²) < 4.78 is 15.8. The predicted molar refractivity (Wildman–Crippen MR) is 125 cm³/mol. The molecule has 2 aliphatic heterocycles. The van der Waals surface area contributed by atoms with Crippen LogP contribution in [0, 0.1) is 5.82 Å². The first kappa shape index (κ1) is 20.1. The van der Waals surface area contributed by atoms with Crippen molar-refractivity contribution in [3.05, 3.63) is 94.2 Å². The van der Waals surface area contributed by atoms with Crippen LogP contribution in [0.1, 0.15) is 39.5 Å². The normalized spacial score (nSPS) is 17.7. The molecule has 2 aromatic heterocycles. The molecule has 2 aliphatic rings. The van der Waals surface area contributed by atoms with Gasteiger partial charge in [-0.05, 0) is 77.7 Å². The first-order valence-electron chi connectivity index (χ1n) is 10.7. The topological polar surface area (TPSA) is 71.3 Å². The number of pyridine rings is 1. The Morgan fingerprint density at radius 3 is 2.82 bits per heavy atom. The van der Waals surface area contributed by atoms with Gasteiger partial charge in [0.15, 0.2) is 5.65 Å². The molecule has 0 fully saturated rings. The van der Waals surface area contributed by atoms with Crippen molar-refractivity contribution >= 4 is 28.7 Å². The fourth-order valence-electron chi connectivity index (χ4n) is 4.67. The molecule has 0 aliphatic carbocycles. The van der Waals surface area contributed by atoms with E-state index in [9.17, 15) is 9.18 Å². The Balaban J connectivity index is 1.58. The minimum Gasteiger partial charge on any atom is -0.341 e. The number of benzene rings is 2. The summed E-state index contributed by atoms with van der Waals surface area (Å²) in [5.41, 5.74) is 6.57. The lowest BCUT2D eigenvalue weighted by molar-refractivity contribution is 0.0960. The highest BCUT2D eigenvalue weighted by atomic mass is 35.5. The first-order chi connectivity index (χ1) is 16.1. The number of fused-ring (bicyclic) bond motifs is 2. The van der Waals surface area contributed by atoms with Crippen LogP contribution in [0.4, 0.5) is 4.39 Å². The third-order valence-corrected chi connectivity index (χ3v) is 6.58. The second kappa shape index (κ2) is 7.79. The van der Waals surface area contributed by atoms with Crippen LogP contribution in [-0.2, 0) is 0 Å². The van der Waals surface area contributed by atoms with Crippen molar-refractivity contribution in [1.29, 1.82) is 0 Å². The van der Waals surface area contributed by atoms with E-state index in [1.165, 1.54) is 24.5 Å². The number of rotatable bonds is 3. The van der Waals surface area contributed by atoms with Crippen molar-refractivity contribution in [1.82, 2.24) is 25.2 Å². The Kier molecular flexibility index (Phi) is 4.74. The Morgan fingerprint density at radius 2 is 1.97 bits per heavy atom. The van der Waals surface area contributed by atoms with Gasteiger partial charge in [0.2, 0.25) is 0 Å². The molecule has 6 nitrogen and oxygen atoms in total. The highest BCUT2D eigenvalue weighted by Crippen LogP contribution is 2.41. The molecule has 33 heavy (non-hydrogen) atoms. The summed E-state index contributed by atoms with van der Waals surface area (Å²) in [5.74, 6) is -0.598. The van der Waals surface area contributed by atoms with E-state index in [0.29, 0.717) is 22.7 Å². The Bertz CT molecular complexity index is 1460. The van der Waals surface area contributed by atoms with E-state index in [0.717, 1.165) is 46.4 Å². The molecule has 1 amide bonds. The highest BCUT2D eigenvalue weighted by Gasteiger charge is 2.35. The minimum absolute atomic E-state index is 0.204. The molecule has 1 atom stereocenters. The number of amides is 1. The van der Waals surface area contributed by atoms with Gasteiger partial charge in [-0.1, -0.05) is 17.7 Å². The second-order valence-electron chi connectivity index (χ2n) is 8.23. The number of halogens is 2. The zero-order chi connectivity index (χ0) is 22.5. The zero-order valence-electron chi connectivity index (χ0n) is 17.5. The van der Waals surface area contributed by atoms with Crippen LogP contribution < -0.4 is 10.6 Å². The number of nitrogens with zero attached hydrogens (tertiary/aromatic N) is 3. The zero-order valence-corrected chi connectivity index (χ0v) is 18.2.